The van der Waals surface area contributed by atoms with E-state index < -0.39 is 0 Å². The Morgan fingerprint density at radius 1 is 1.04 bits per heavy atom. The molecule has 0 saturated heterocycles. The Morgan fingerprint density at radius 2 is 1.71 bits per heavy atom. The smallest absolute Gasteiger partial charge is 0.251 e. The Morgan fingerprint density at radius 3 is 2.33 bits per heavy atom. The van der Waals surface area contributed by atoms with Crippen molar-refractivity contribution in [3.05, 3.63) is 71.6 Å². The molecule has 0 bridgehead atoms. The van der Waals surface area contributed by atoms with Gasteiger partial charge in [-0.2, -0.15) is 0 Å². The zero-order chi connectivity index (χ0) is 16.9. The lowest BCUT2D eigenvalue weighted by molar-refractivity contribution is 0.0950. The lowest BCUT2D eigenvalue weighted by Crippen LogP contribution is -2.23. The van der Waals surface area contributed by atoms with Gasteiger partial charge >= 0.3 is 0 Å². The SMILES string of the molecule is Cc1nc(CNC(=O)c2ccc(Nc3ccncc3)cc2)c(C)[nH]1. The van der Waals surface area contributed by atoms with Crippen LogP contribution in [0.15, 0.2) is 48.8 Å². The van der Waals surface area contributed by atoms with Crippen LogP contribution in [0.2, 0.25) is 0 Å². The number of nitrogens with zero attached hydrogens (tertiary/aromatic N) is 2. The maximum absolute atomic E-state index is 12.2. The highest BCUT2D eigenvalue weighted by molar-refractivity contribution is 5.94. The van der Waals surface area contributed by atoms with Crippen molar-refractivity contribution in [3.8, 4) is 0 Å². The summed E-state index contributed by atoms with van der Waals surface area (Å²) in [5.41, 5.74) is 4.31. The summed E-state index contributed by atoms with van der Waals surface area (Å²) in [5.74, 6) is 0.730. The third-order valence-electron chi connectivity index (χ3n) is 3.64. The van der Waals surface area contributed by atoms with E-state index in [1.807, 2.05) is 38.1 Å². The van der Waals surface area contributed by atoms with Crippen molar-refractivity contribution in [2.45, 2.75) is 20.4 Å². The molecule has 0 radical (unpaired) electrons. The predicted molar refractivity (Wildman–Crippen MR) is 93.2 cm³/mol. The number of H-pyrrole nitrogens is 1. The van der Waals surface area contributed by atoms with Crippen LogP contribution in [0, 0.1) is 13.8 Å². The molecule has 0 spiro atoms. The zero-order valence-electron chi connectivity index (χ0n) is 13.6. The number of hydrogen-bond acceptors (Lipinski definition) is 4. The van der Waals surface area contributed by atoms with Crippen molar-refractivity contribution in [1.29, 1.82) is 0 Å². The van der Waals surface area contributed by atoms with Gasteiger partial charge in [0, 0.05) is 35.0 Å². The van der Waals surface area contributed by atoms with Crippen LogP contribution in [-0.2, 0) is 6.54 Å². The van der Waals surface area contributed by atoms with E-state index in [2.05, 4.69) is 25.6 Å². The van der Waals surface area contributed by atoms with Gasteiger partial charge in [-0.1, -0.05) is 0 Å². The zero-order valence-corrected chi connectivity index (χ0v) is 13.6. The molecule has 0 atom stereocenters. The number of nitrogens with one attached hydrogen (secondary N) is 3. The van der Waals surface area contributed by atoms with Gasteiger partial charge in [0.05, 0.1) is 12.2 Å². The van der Waals surface area contributed by atoms with Gasteiger partial charge < -0.3 is 15.6 Å². The highest BCUT2D eigenvalue weighted by atomic mass is 16.1. The maximum Gasteiger partial charge on any atom is 0.251 e. The maximum atomic E-state index is 12.2. The van der Waals surface area contributed by atoms with Crippen LogP contribution in [0.1, 0.15) is 27.6 Å². The molecule has 0 aliphatic heterocycles. The van der Waals surface area contributed by atoms with Gasteiger partial charge in [0.1, 0.15) is 5.82 Å². The summed E-state index contributed by atoms with van der Waals surface area (Å²) in [7, 11) is 0. The number of rotatable bonds is 5. The van der Waals surface area contributed by atoms with E-state index in [1.54, 1.807) is 24.5 Å². The van der Waals surface area contributed by atoms with Gasteiger partial charge in [0.2, 0.25) is 0 Å². The van der Waals surface area contributed by atoms with Gasteiger partial charge in [-0.05, 0) is 50.2 Å². The number of hydrogen-bond donors (Lipinski definition) is 3. The third kappa shape index (κ3) is 3.78. The Kier molecular flexibility index (Phi) is 4.56. The number of carbonyl (C=O) groups excluding carboxylic acids is 1. The van der Waals surface area contributed by atoms with Crippen LogP contribution in [0.25, 0.3) is 0 Å². The van der Waals surface area contributed by atoms with Crippen LogP contribution in [0.4, 0.5) is 11.4 Å². The number of amides is 1. The number of aromatic nitrogens is 3. The number of aryl methyl sites for hydroxylation is 2. The molecule has 6 nitrogen and oxygen atoms in total. The average Bonchev–Trinajstić information content (AvgIpc) is 2.92. The average molecular weight is 321 g/mol. The van der Waals surface area contributed by atoms with E-state index in [9.17, 15) is 4.79 Å². The number of pyridine rings is 1. The van der Waals surface area contributed by atoms with Crippen molar-refractivity contribution in [2.24, 2.45) is 0 Å². The Labute approximate surface area is 140 Å². The van der Waals surface area contributed by atoms with E-state index in [0.717, 1.165) is 28.6 Å². The van der Waals surface area contributed by atoms with Crippen molar-refractivity contribution in [2.75, 3.05) is 5.32 Å². The predicted octanol–water partition coefficient (Wildman–Crippen LogP) is 3.10. The van der Waals surface area contributed by atoms with Crippen LogP contribution in [0.5, 0.6) is 0 Å². The van der Waals surface area contributed by atoms with Crippen molar-refractivity contribution < 1.29 is 4.79 Å². The highest BCUT2D eigenvalue weighted by Crippen LogP contribution is 2.16. The molecule has 122 valence electrons. The molecule has 0 fully saturated rings. The molecule has 0 saturated carbocycles. The van der Waals surface area contributed by atoms with Crippen LogP contribution < -0.4 is 10.6 Å². The minimum absolute atomic E-state index is 0.120. The molecule has 1 amide bonds. The number of benzene rings is 1. The van der Waals surface area contributed by atoms with Crippen LogP contribution in [-0.4, -0.2) is 20.9 Å². The number of aromatic amines is 1. The largest absolute Gasteiger partial charge is 0.355 e. The Hall–Kier alpha value is -3.15. The molecule has 2 heterocycles. The molecule has 0 unspecified atom stereocenters. The van der Waals surface area contributed by atoms with Gasteiger partial charge in [-0.15, -0.1) is 0 Å². The molecule has 0 aliphatic rings. The summed E-state index contributed by atoms with van der Waals surface area (Å²) in [6.07, 6.45) is 3.45. The Balaban J connectivity index is 1.60. The summed E-state index contributed by atoms with van der Waals surface area (Å²) < 4.78 is 0. The molecule has 0 aliphatic carbocycles. The van der Waals surface area contributed by atoms with Gasteiger partial charge in [-0.25, -0.2) is 4.98 Å². The fourth-order valence-electron chi connectivity index (χ4n) is 2.40. The summed E-state index contributed by atoms with van der Waals surface area (Å²) in [4.78, 5) is 23.7. The van der Waals surface area contributed by atoms with E-state index in [1.165, 1.54) is 0 Å². The fourth-order valence-corrected chi connectivity index (χ4v) is 2.40. The monoisotopic (exact) mass is 321 g/mol. The van der Waals surface area contributed by atoms with Crippen molar-refractivity contribution >= 4 is 17.3 Å². The molecule has 3 rings (SSSR count). The van der Waals surface area contributed by atoms with Crippen LogP contribution >= 0.6 is 0 Å². The first-order valence-corrected chi connectivity index (χ1v) is 7.69. The van der Waals surface area contributed by atoms with E-state index >= 15 is 0 Å². The highest BCUT2D eigenvalue weighted by Gasteiger charge is 2.08. The summed E-state index contributed by atoms with van der Waals surface area (Å²) in [6.45, 7) is 4.25. The minimum Gasteiger partial charge on any atom is -0.355 e. The van der Waals surface area contributed by atoms with E-state index in [-0.39, 0.29) is 5.91 Å². The van der Waals surface area contributed by atoms with Gasteiger partial charge in [0.25, 0.3) is 5.91 Å². The van der Waals surface area contributed by atoms with Crippen LogP contribution in [0.3, 0.4) is 0 Å². The first-order chi connectivity index (χ1) is 11.6. The standard InChI is InChI=1S/C18H19N5O/c1-12-17(22-13(2)21-12)11-20-18(24)14-3-5-15(6-4-14)23-16-7-9-19-10-8-16/h3-10H,11H2,1-2H3,(H,19,23)(H,20,24)(H,21,22). The quantitative estimate of drug-likeness (QED) is 0.674. The summed E-state index contributed by atoms with van der Waals surface area (Å²) in [5, 5.41) is 6.14. The molecule has 3 aromatic rings. The molecule has 24 heavy (non-hydrogen) atoms. The van der Waals surface area contributed by atoms with E-state index in [0.29, 0.717) is 12.1 Å². The molecule has 1 aromatic carbocycles. The summed E-state index contributed by atoms with van der Waals surface area (Å²) in [6, 6.07) is 11.1. The van der Waals surface area contributed by atoms with E-state index in [4.69, 9.17) is 0 Å². The Bertz CT molecular complexity index is 824. The first kappa shape index (κ1) is 15.7. The third-order valence-corrected chi connectivity index (χ3v) is 3.64. The van der Waals surface area contributed by atoms with Gasteiger partial charge in [0.15, 0.2) is 0 Å². The topological polar surface area (TPSA) is 82.7 Å². The lowest BCUT2D eigenvalue weighted by Gasteiger charge is -2.08. The number of anilines is 2. The number of carbonyl (C=O) groups is 1. The number of imidazole rings is 1. The molecular weight excluding hydrogens is 302 g/mol. The fraction of sp³-hybridized carbons (Fsp3) is 0.167. The molecular formula is C18H19N5O. The first-order valence-electron chi connectivity index (χ1n) is 7.69. The van der Waals surface area contributed by atoms with Crippen molar-refractivity contribution in [3.63, 3.8) is 0 Å². The summed E-state index contributed by atoms with van der Waals surface area (Å²) >= 11 is 0. The molecule has 3 N–H and O–H groups in total. The second kappa shape index (κ2) is 6.95. The minimum atomic E-state index is -0.120. The molecule has 2 aromatic heterocycles. The second-order valence-corrected chi connectivity index (χ2v) is 5.51. The molecule has 6 heteroatoms. The van der Waals surface area contributed by atoms with Crippen molar-refractivity contribution in [1.82, 2.24) is 20.3 Å². The van der Waals surface area contributed by atoms with Gasteiger partial charge in [-0.3, -0.25) is 9.78 Å². The lowest BCUT2D eigenvalue weighted by atomic mass is 10.2. The normalized spacial score (nSPS) is 10.4. The second-order valence-electron chi connectivity index (χ2n) is 5.51.